The molecule has 6 nitrogen and oxygen atoms in total. The van der Waals surface area contributed by atoms with Crippen LogP contribution in [0.5, 0.6) is 11.5 Å². The number of halogens is 1. The van der Waals surface area contributed by atoms with Gasteiger partial charge in [0, 0.05) is 6.54 Å². The molecule has 0 spiro atoms. The molecular weight excluding hydrogens is 314 g/mol. The molecule has 0 radical (unpaired) electrons. The quantitative estimate of drug-likeness (QED) is 0.928. The number of nitrogens with zero attached hydrogens (tertiary/aromatic N) is 2. The summed E-state index contributed by atoms with van der Waals surface area (Å²) in [6.07, 6.45) is 0. The van der Waals surface area contributed by atoms with E-state index in [0.717, 1.165) is 21.5 Å². The van der Waals surface area contributed by atoms with Crippen LogP contribution in [0, 0.1) is 6.92 Å². The first-order valence-electron chi connectivity index (χ1n) is 5.80. The molecule has 0 unspecified atom stereocenters. The highest BCUT2D eigenvalue weighted by atomic mass is 79.9. The first-order chi connectivity index (χ1) is 9.22. The number of benzene rings is 1. The topological polar surface area (TPSA) is 69.4 Å². The minimum absolute atomic E-state index is 0.270. The SMILES string of the molecule is Cc1noc(CNCc2cc(Br)c3c(c2)OCO3)n1. The van der Waals surface area contributed by atoms with E-state index < -0.39 is 0 Å². The van der Waals surface area contributed by atoms with Gasteiger partial charge in [0.15, 0.2) is 17.3 Å². The Morgan fingerprint density at radius 1 is 1.32 bits per heavy atom. The summed E-state index contributed by atoms with van der Waals surface area (Å²) in [6.45, 7) is 3.28. The predicted octanol–water partition coefficient (Wildman–Crippen LogP) is 2.16. The summed E-state index contributed by atoms with van der Waals surface area (Å²) in [5.74, 6) is 2.75. The van der Waals surface area contributed by atoms with Crippen LogP contribution in [0.1, 0.15) is 17.3 Å². The highest BCUT2D eigenvalue weighted by molar-refractivity contribution is 9.10. The van der Waals surface area contributed by atoms with Crippen LogP contribution in [0.4, 0.5) is 0 Å². The van der Waals surface area contributed by atoms with Crippen molar-refractivity contribution in [1.82, 2.24) is 15.5 Å². The third kappa shape index (κ3) is 2.71. The molecule has 0 bridgehead atoms. The van der Waals surface area contributed by atoms with Crippen LogP contribution in [-0.4, -0.2) is 16.9 Å². The standard InChI is InChI=1S/C12H12BrN3O3/c1-7-15-11(19-16-7)5-14-4-8-2-9(13)12-10(3-8)17-6-18-12/h2-3,14H,4-6H2,1H3. The normalized spacial score (nSPS) is 12.9. The van der Waals surface area contributed by atoms with E-state index in [4.69, 9.17) is 14.0 Å². The van der Waals surface area contributed by atoms with E-state index in [2.05, 4.69) is 31.4 Å². The van der Waals surface area contributed by atoms with Gasteiger partial charge in [-0.15, -0.1) is 0 Å². The number of aromatic nitrogens is 2. The molecule has 3 rings (SSSR count). The average molecular weight is 326 g/mol. The number of fused-ring (bicyclic) bond motifs is 1. The molecule has 1 aliphatic heterocycles. The highest BCUT2D eigenvalue weighted by Gasteiger charge is 2.17. The van der Waals surface area contributed by atoms with Gasteiger partial charge in [-0.3, -0.25) is 0 Å². The minimum Gasteiger partial charge on any atom is -0.454 e. The lowest BCUT2D eigenvalue weighted by atomic mass is 10.2. The summed E-state index contributed by atoms with van der Waals surface area (Å²) in [5.41, 5.74) is 1.09. The van der Waals surface area contributed by atoms with Crippen LogP contribution < -0.4 is 14.8 Å². The van der Waals surface area contributed by atoms with E-state index in [1.807, 2.05) is 12.1 Å². The second kappa shape index (κ2) is 5.18. The molecule has 1 N–H and O–H groups in total. The van der Waals surface area contributed by atoms with Crippen molar-refractivity contribution in [2.45, 2.75) is 20.0 Å². The van der Waals surface area contributed by atoms with Crippen molar-refractivity contribution in [1.29, 1.82) is 0 Å². The van der Waals surface area contributed by atoms with Gasteiger partial charge in [0.25, 0.3) is 0 Å². The van der Waals surface area contributed by atoms with Gasteiger partial charge in [0.1, 0.15) is 0 Å². The van der Waals surface area contributed by atoms with E-state index >= 15 is 0 Å². The zero-order valence-electron chi connectivity index (χ0n) is 10.3. The van der Waals surface area contributed by atoms with Gasteiger partial charge in [-0.1, -0.05) is 5.16 Å². The molecule has 100 valence electrons. The third-order valence-electron chi connectivity index (χ3n) is 2.66. The maximum atomic E-state index is 5.37. The largest absolute Gasteiger partial charge is 0.454 e. The molecule has 0 fully saturated rings. The van der Waals surface area contributed by atoms with Crippen LogP contribution in [0.25, 0.3) is 0 Å². The van der Waals surface area contributed by atoms with E-state index in [1.165, 1.54) is 0 Å². The Kier molecular flexibility index (Phi) is 3.39. The molecule has 2 heterocycles. The number of hydrogen-bond acceptors (Lipinski definition) is 6. The molecule has 0 saturated heterocycles. The van der Waals surface area contributed by atoms with Crippen LogP contribution in [0.2, 0.25) is 0 Å². The smallest absolute Gasteiger partial charge is 0.240 e. The lowest BCUT2D eigenvalue weighted by molar-refractivity contribution is 0.173. The summed E-state index contributed by atoms with van der Waals surface area (Å²) in [4.78, 5) is 4.12. The van der Waals surface area contributed by atoms with Gasteiger partial charge in [-0.2, -0.15) is 4.98 Å². The van der Waals surface area contributed by atoms with Crippen molar-refractivity contribution in [3.05, 3.63) is 33.9 Å². The van der Waals surface area contributed by atoms with Crippen LogP contribution in [0.3, 0.4) is 0 Å². The lowest BCUT2D eigenvalue weighted by Gasteiger charge is -2.05. The molecular formula is C12H12BrN3O3. The van der Waals surface area contributed by atoms with Crippen LogP contribution in [0.15, 0.2) is 21.1 Å². The number of nitrogens with one attached hydrogen (secondary N) is 1. The summed E-state index contributed by atoms with van der Waals surface area (Å²) >= 11 is 3.46. The maximum Gasteiger partial charge on any atom is 0.240 e. The molecule has 1 aromatic heterocycles. The lowest BCUT2D eigenvalue weighted by Crippen LogP contribution is -2.13. The minimum atomic E-state index is 0.270. The number of aryl methyl sites for hydroxylation is 1. The Bertz CT molecular complexity index is 600. The van der Waals surface area contributed by atoms with Crippen molar-refractivity contribution < 1.29 is 14.0 Å². The molecule has 0 amide bonds. The number of ether oxygens (including phenoxy) is 2. The van der Waals surface area contributed by atoms with Gasteiger partial charge < -0.3 is 19.3 Å². The molecule has 0 saturated carbocycles. The fraction of sp³-hybridized carbons (Fsp3) is 0.333. The van der Waals surface area contributed by atoms with Crippen LogP contribution >= 0.6 is 15.9 Å². The molecule has 19 heavy (non-hydrogen) atoms. The number of hydrogen-bond donors (Lipinski definition) is 1. The summed E-state index contributed by atoms with van der Waals surface area (Å²) in [6, 6.07) is 3.96. The molecule has 1 aliphatic rings. The third-order valence-corrected chi connectivity index (χ3v) is 3.25. The van der Waals surface area contributed by atoms with E-state index in [-0.39, 0.29) is 6.79 Å². The Balaban J connectivity index is 1.63. The highest BCUT2D eigenvalue weighted by Crippen LogP contribution is 2.39. The van der Waals surface area contributed by atoms with E-state index in [9.17, 15) is 0 Å². The van der Waals surface area contributed by atoms with Gasteiger partial charge in [-0.25, -0.2) is 0 Å². The second-order valence-electron chi connectivity index (χ2n) is 4.15. The van der Waals surface area contributed by atoms with Crippen molar-refractivity contribution in [3.8, 4) is 11.5 Å². The Morgan fingerprint density at radius 2 is 2.21 bits per heavy atom. The molecule has 1 aromatic carbocycles. The van der Waals surface area contributed by atoms with Crippen molar-refractivity contribution in [3.63, 3.8) is 0 Å². The van der Waals surface area contributed by atoms with Crippen molar-refractivity contribution >= 4 is 15.9 Å². The molecule has 0 atom stereocenters. The van der Waals surface area contributed by atoms with Crippen molar-refractivity contribution in [2.24, 2.45) is 0 Å². The first-order valence-corrected chi connectivity index (χ1v) is 6.59. The molecule has 2 aromatic rings. The molecule has 0 aliphatic carbocycles. The van der Waals surface area contributed by atoms with Gasteiger partial charge in [0.05, 0.1) is 11.0 Å². The summed E-state index contributed by atoms with van der Waals surface area (Å²) in [7, 11) is 0. The zero-order valence-corrected chi connectivity index (χ0v) is 11.9. The van der Waals surface area contributed by atoms with Crippen LogP contribution in [-0.2, 0) is 13.1 Å². The number of rotatable bonds is 4. The zero-order chi connectivity index (χ0) is 13.2. The van der Waals surface area contributed by atoms with Crippen molar-refractivity contribution in [2.75, 3.05) is 6.79 Å². The van der Waals surface area contributed by atoms with E-state index in [0.29, 0.717) is 24.8 Å². The van der Waals surface area contributed by atoms with Gasteiger partial charge in [-0.05, 0) is 40.5 Å². The Labute approximate surface area is 118 Å². The fourth-order valence-electron chi connectivity index (χ4n) is 1.85. The van der Waals surface area contributed by atoms with E-state index in [1.54, 1.807) is 6.92 Å². The predicted molar refractivity (Wildman–Crippen MR) is 69.8 cm³/mol. The second-order valence-corrected chi connectivity index (χ2v) is 5.00. The van der Waals surface area contributed by atoms with Gasteiger partial charge >= 0.3 is 0 Å². The Morgan fingerprint density at radius 3 is 3.00 bits per heavy atom. The molecule has 7 heteroatoms. The Hall–Kier alpha value is -1.60. The monoisotopic (exact) mass is 325 g/mol. The first kappa shape index (κ1) is 12.4. The summed E-state index contributed by atoms with van der Waals surface area (Å²) in [5, 5.41) is 6.97. The average Bonchev–Trinajstić information content (AvgIpc) is 2.98. The van der Waals surface area contributed by atoms with Gasteiger partial charge in [0.2, 0.25) is 12.7 Å². The maximum absolute atomic E-state index is 5.37. The fourth-order valence-corrected chi connectivity index (χ4v) is 2.45. The summed E-state index contributed by atoms with van der Waals surface area (Å²) < 4.78 is 16.6.